The summed E-state index contributed by atoms with van der Waals surface area (Å²) in [6, 6.07) is 0. The van der Waals surface area contributed by atoms with Gasteiger partial charge in [0.25, 0.3) is 0 Å². The van der Waals surface area contributed by atoms with E-state index in [4.69, 9.17) is 5.11 Å². The highest BCUT2D eigenvalue weighted by Gasteiger charge is 2.17. The minimum Gasteiger partial charge on any atom is -0.481 e. The molecule has 0 aliphatic heterocycles. The first-order valence-electron chi connectivity index (χ1n) is 2.77. The SMILES string of the molecule is C[C@H](C(=O)O)[C@@H](C)C=O. The van der Waals surface area contributed by atoms with Crippen molar-refractivity contribution in [1.82, 2.24) is 0 Å². The number of carboxylic acids is 1. The molecule has 0 rings (SSSR count). The molecule has 0 aliphatic carbocycles. The summed E-state index contributed by atoms with van der Waals surface area (Å²) in [5.74, 6) is -1.88. The molecule has 0 spiro atoms. The predicted octanol–water partition coefficient (Wildman–Crippen LogP) is 0.542. The van der Waals surface area contributed by atoms with Crippen molar-refractivity contribution in [3.63, 3.8) is 0 Å². The molecule has 0 heterocycles. The second-order valence-electron chi connectivity index (χ2n) is 2.12. The van der Waals surface area contributed by atoms with Crippen LogP contribution in [0.4, 0.5) is 0 Å². The van der Waals surface area contributed by atoms with Crippen LogP contribution in [0.3, 0.4) is 0 Å². The Kier molecular flexibility index (Phi) is 2.91. The molecule has 1 N–H and O–H groups in total. The molecular weight excluding hydrogens is 120 g/mol. The molecule has 0 fully saturated rings. The van der Waals surface area contributed by atoms with E-state index in [9.17, 15) is 9.59 Å². The lowest BCUT2D eigenvalue weighted by atomic mass is 9.98. The monoisotopic (exact) mass is 130 g/mol. The van der Waals surface area contributed by atoms with Crippen molar-refractivity contribution in [2.45, 2.75) is 13.8 Å². The molecule has 52 valence electrons. The number of hydrogen-bond donors (Lipinski definition) is 1. The van der Waals surface area contributed by atoms with E-state index in [1.165, 1.54) is 6.92 Å². The molecule has 0 bridgehead atoms. The Morgan fingerprint density at radius 1 is 1.56 bits per heavy atom. The molecule has 2 atom stereocenters. The second kappa shape index (κ2) is 3.22. The average molecular weight is 130 g/mol. The maximum Gasteiger partial charge on any atom is 0.306 e. The van der Waals surface area contributed by atoms with Crippen LogP contribution in [0.25, 0.3) is 0 Å². The zero-order valence-electron chi connectivity index (χ0n) is 5.50. The third-order valence-electron chi connectivity index (χ3n) is 1.39. The predicted molar refractivity (Wildman–Crippen MR) is 32.0 cm³/mol. The largest absolute Gasteiger partial charge is 0.481 e. The van der Waals surface area contributed by atoms with Crippen LogP contribution in [0.15, 0.2) is 0 Å². The fourth-order valence-electron chi connectivity index (χ4n) is 0.343. The number of carboxylic acid groups (broad SMARTS) is 1. The van der Waals surface area contributed by atoms with E-state index in [-0.39, 0.29) is 5.92 Å². The van der Waals surface area contributed by atoms with Gasteiger partial charge in [0.05, 0.1) is 5.92 Å². The second-order valence-corrected chi connectivity index (χ2v) is 2.12. The minimum atomic E-state index is -0.922. The van der Waals surface area contributed by atoms with Crippen LogP contribution in [0.1, 0.15) is 13.8 Å². The Labute approximate surface area is 53.7 Å². The van der Waals surface area contributed by atoms with E-state index in [0.717, 1.165) is 0 Å². The smallest absolute Gasteiger partial charge is 0.306 e. The normalized spacial score (nSPS) is 16.2. The first-order valence-corrected chi connectivity index (χ1v) is 2.77. The zero-order valence-corrected chi connectivity index (χ0v) is 5.50. The Morgan fingerprint density at radius 3 is 2.11 bits per heavy atom. The third-order valence-corrected chi connectivity index (χ3v) is 1.39. The van der Waals surface area contributed by atoms with E-state index in [2.05, 4.69) is 0 Å². The highest BCUT2D eigenvalue weighted by Crippen LogP contribution is 2.06. The molecule has 0 amide bonds. The summed E-state index contributed by atoms with van der Waals surface area (Å²) in [5.41, 5.74) is 0. The zero-order chi connectivity index (χ0) is 7.44. The standard InChI is InChI=1S/C6H10O3/c1-4(3-7)5(2)6(8)9/h3-5H,1-2H3,(H,8,9)/t4-,5-/m0/s1. The van der Waals surface area contributed by atoms with Crippen molar-refractivity contribution in [3.8, 4) is 0 Å². The summed E-state index contributed by atoms with van der Waals surface area (Å²) in [4.78, 5) is 20.1. The molecule has 0 unspecified atom stereocenters. The number of aliphatic carboxylic acids is 1. The van der Waals surface area contributed by atoms with Crippen LogP contribution >= 0.6 is 0 Å². The fraction of sp³-hybridized carbons (Fsp3) is 0.667. The van der Waals surface area contributed by atoms with Gasteiger partial charge in [-0.1, -0.05) is 13.8 Å². The van der Waals surface area contributed by atoms with Gasteiger partial charge in [-0.15, -0.1) is 0 Å². The van der Waals surface area contributed by atoms with Crippen LogP contribution in [0.2, 0.25) is 0 Å². The van der Waals surface area contributed by atoms with E-state index >= 15 is 0 Å². The Bertz CT molecular complexity index is 119. The van der Waals surface area contributed by atoms with Gasteiger partial charge < -0.3 is 9.90 Å². The highest BCUT2D eigenvalue weighted by atomic mass is 16.4. The van der Waals surface area contributed by atoms with Gasteiger partial charge in [0.2, 0.25) is 0 Å². The van der Waals surface area contributed by atoms with Gasteiger partial charge in [0, 0.05) is 5.92 Å². The topological polar surface area (TPSA) is 54.4 Å². The van der Waals surface area contributed by atoms with Crippen molar-refractivity contribution in [2.24, 2.45) is 11.8 Å². The van der Waals surface area contributed by atoms with Crippen LogP contribution < -0.4 is 0 Å². The number of aldehydes is 1. The maximum atomic E-state index is 10.1. The van der Waals surface area contributed by atoms with Gasteiger partial charge in [0.1, 0.15) is 6.29 Å². The number of carbonyl (C=O) groups excluding carboxylic acids is 1. The minimum absolute atomic E-state index is 0.387. The summed E-state index contributed by atoms with van der Waals surface area (Å²) in [7, 11) is 0. The van der Waals surface area contributed by atoms with Crippen molar-refractivity contribution in [3.05, 3.63) is 0 Å². The van der Waals surface area contributed by atoms with Crippen LogP contribution in [0, 0.1) is 11.8 Å². The molecule has 0 saturated heterocycles. The lowest BCUT2D eigenvalue weighted by Crippen LogP contribution is -2.18. The number of rotatable bonds is 3. The van der Waals surface area contributed by atoms with Gasteiger partial charge >= 0.3 is 5.97 Å². The molecule has 0 aromatic heterocycles. The van der Waals surface area contributed by atoms with E-state index in [1.807, 2.05) is 0 Å². The molecule has 0 radical (unpaired) electrons. The fourth-order valence-corrected chi connectivity index (χ4v) is 0.343. The molecular formula is C6H10O3. The van der Waals surface area contributed by atoms with Gasteiger partial charge in [0.15, 0.2) is 0 Å². The molecule has 9 heavy (non-hydrogen) atoms. The Balaban J connectivity index is 3.86. The number of carbonyl (C=O) groups is 2. The Hall–Kier alpha value is -0.860. The van der Waals surface area contributed by atoms with Crippen LogP contribution in [-0.2, 0) is 9.59 Å². The highest BCUT2D eigenvalue weighted by molar-refractivity contribution is 5.74. The quantitative estimate of drug-likeness (QED) is 0.567. The van der Waals surface area contributed by atoms with Crippen molar-refractivity contribution >= 4 is 12.3 Å². The van der Waals surface area contributed by atoms with Gasteiger partial charge in [-0.25, -0.2) is 0 Å². The van der Waals surface area contributed by atoms with Crippen LogP contribution in [0.5, 0.6) is 0 Å². The molecule has 0 aromatic rings. The molecule has 3 nitrogen and oxygen atoms in total. The lowest BCUT2D eigenvalue weighted by molar-refractivity contribution is -0.144. The van der Waals surface area contributed by atoms with E-state index in [0.29, 0.717) is 6.29 Å². The van der Waals surface area contributed by atoms with Crippen molar-refractivity contribution in [2.75, 3.05) is 0 Å². The van der Waals surface area contributed by atoms with Gasteiger partial charge in [-0.2, -0.15) is 0 Å². The summed E-state index contributed by atoms with van der Waals surface area (Å²) in [6.45, 7) is 3.10. The summed E-state index contributed by atoms with van der Waals surface area (Å²) in [6.07, 6.45) is 0.652. The third kappa shape index (κ3) is 2.26. The molecule has 3 heteroatoms. The van der Waals surface area contributed by atoms with E-state index in [1.54, 1.807) is 6.92 Å². The first kappa shape index (κ1) is 8.14. The van der Waals surface area contributed by atoms with Crippen molar-refractivity contribution in [1.29, 1.82) is 0 Å². The first-order chi connectivity index (χ1) is 4.09. The maximum absolute atomic E-state index is 10.1. The lowest BCUT2D eigenvalue weighted by Gasteiger charge is -2.06. The molecule has 0 aliphatic rings. The van der Waals surface area contributed by atoms with Gasteiger partial charge in [-0.3, -0.25) is 4.79 Å². The summed E-state index contributed by atoms with van der Waals surface area (Å²) >= 11 is 0. The average Bonchev–Trinajstić information content (AvgIpc) is 1.84. The molecule has 0 saturated carbocycles. The van der Waals surface area contributed by atoms with Gasteiger partial charge in [-0.05, 0) is 0 Å². The number of hydrogen-bond acceptors (Lipinski definition) is 2. The summed E-state index contributed by atoms with van der Waals surface area (Å²) in [5, 5.41) is 8.32. The van der Waals surface area contributed by atoms with Crippen LogP contribution in [-0.4, -0.2) is 17.4 Å². The van der Waals surface area contributed by atoms with Crippen molar-refractivity contribution < 1.29 is 14.7 Å². The molecule has 0 aromatic carbocycles. The summed E-state index contributed by atoms with van der Waals surface area (Å²) < 4.78 is 0. The van der Waals surface area contributed by atoms with E-state index < -0.39 is 11.9 Å². The Morgan fingerprint density at radius 2 is 2.00 bits per heavy atom.